The fourth-order valence-corrected chi connectivity index (χ4v) is 0.659. The Morgan fingerprint density at radius 3 is 2.40 bits per heavy atom. The summed E-state index contributed by atoms with van der Waals surface area (Å²) in [6, 6.07) is 0. The highest BCUT2D eigenvalue weighted by Crippen LogP contribution is 1.83. The van der Waals surface area contributed by atoms with E-state index in [1.54, 1.807) is 0 Å². The highest BCUT2D eigenvalue weighted by atomic mass is 32.2. The fraction of sp³-hybridized carbons (Fsp3) is 1.00. The minimum absolute atomic E-state index is 0.251. The lowest BCUT2D eigenvalue weighted by Crippen LogP contribution is -2.45. The number of nitrogens with one attached hydrogen (secondary N) is 1. The van der Waals surface area contributed by atoms with E-state index in [9.17, 15) is 8.42 Å². The molecule has 10 heavy (non-hydrogen) atoms. The van der Waals surface area contributed by atoms with Crippen LogP contribution < -0.4 is 16.8 Å². The second kappa shape index (κ2) is 3.84. The van der Waals surface area contributed by atoms with Crippen molar-refractivity contribution in [3.8, 4) is 0 Å². The molecule has 0 saturated carbocycles. The van der Waals surface area contributed by atoms with Crippen LogP contribution in [0, 0.1) is 0 Å². The Labute approximate surface area is 59.3 Å². The summed E-state index contributed by atoms with van der Waals surface area (Å²) in [5.41, 5.74) is 8.52. The van der Waals surface area contributed by atoms with Crippen LogP contribution in [0.3, 0.4) is 0 Å². The largest absolute Gasteiger partial charge is 0.329 e. The smallest absolute Gasteiger partial charge is 0.294 e. The van der Waals surface area contributed by atoms with Gasteiger partial charge in [-0.05, 0) is 0 Å². The number of rotatable bonds is 4. The molecule has 1 atom stereocenters. The molecule has 1 unspecified atom stereocenters. The highest BCUT2D eigenvalue weighted by Gasteiger charge is 2.15. The fourth-order valence-electron chi connectivity index (χ4n) is 0.331. The monoisotopic (exact) mass is 169 g/mol. The van der Waals surface area contributed by atoms with Crippen LogP contribution in [0.2, 0.25) is 0 Å². The zero-order valence-electron chi connectivity index (χ0n) is 5.32. The zero-order valence-corrected chi connectivity index (χ0v) is 6.13. The van der Waals surface area contributed by atoms with Crippen molar-refractivity contribution in [1.29, 1.82) is 0 Å². The molecule has 0 aliphatic carbocycles. The Balaban J connectivity index is 3.75. The van der Waals surface area contributed by atoms with Crippen molar-refractivity contribution in [3.05, 3.63) is 0 Å². The lowest BCUT2D eigenvalue weighted by atomic mass is 10.7. The Morgan fingerprint density at radius 1 is 1.60 bits per heavy atom. The standard InChI is InChI=1S/C3H11N3O3S/c4-1-2-6-3(5)10(7,8)9/h3,6H,1-2,4-5H2,(H,7,8,9). The first-order valence-electron chi connectivity index (χ1n) is 2.64. The Hall–Kier alpha value is -0.210. The summed E-state index contributed by atoms with van der Waals surface area (Å²) >= 11 is 0. The van der Waals surface area contributed by atoms with Gasteiger partial charge in [0.25, 0.3) is 10.1 Å². The van der Waals surface area contributed by atoms with Crippen molar-refractivity contribution in [2.24, 2.45) is 11.5 Å². The van der Waals surface area contributed by atoms with Crippen molar-refractivity contribution in [2.75, 3.05) is 13.1 Å². The molecule has 0 aromatic carbocycles. The second-order valence-electron chi connectivity index (χ2n) is 1.68. The molecule has 0 rings (SSSR count). The molecule has 0 bridgehead atoms. The summed E-state index contributed by atoms with van der Waals surface area (Å²) in [5, 5.41) is 2.29. The van der Waals surface area contributed by atoms with Crippen LogP contribution in [-0.4, -0.2) is 31.6 Å². The number of hydrogen-bond donors (Lipinski definition) is 4. The summed E-state index contributed by atoms with van der Waals surface area (Å²) in [7, 11) is -4.16. The van der Waals surface area contributed by atoms with Crippen molar-refractivity contribution in [3.63, 3.8) is 0 Å². The van der Waals surface area contributed by atoms with Crippen LogP contribution in [0.1, 0.15) is 0 Å². The maximum Gasteiger partial charge on any atom is 0.294 e. The predicted octanol–water partition coefficient (Wildman–Crippen LogP) is -2.34. The molecule has 0 saturated heterocycles. The van der Waals surface area contributed by atoms with Gasteiger partial charge in [0.15, 0.2) is 5.50 Å². The molecule has 0 heterocycles. The van der Waals surface area contributed by atoms with Gasteiger partial charge < -0.3 is 11.5 Å². The van der Waals surface area contributed by atoms with Gasteiger partial charge >= 0.3 is 0 Å². The van der Waals surface area contributed by atoms with Crippen LogP contribution in [0.15, 0.2) is 0 Å². The third-order valence-electron chi connectivity index (χ3n) is 0.811. The molecule has 0 aromatic heterocycles. The molecule has 6 nitrogen and oxygen atoms in total. The summed E-state index contributed by atoms with van der Waals surface area (Å²) in [5.74, 6) is 0. The maximum atomic E-state index is 10.2. The average Bonchev–Trinajstić information content (AvgIpc) is 1.80. The topological polar surface area (TPSA) is 118 Å². The minimum Gasteiger partial charge on any atom is -0.329 e. The van der Waals surface area contributed by atoms with Crippen molar-refractivity contribution in [1.82, 2.24) is 5.32 Å². The lowest BCUT2D eigenvalue weighted by molar-refractivity contribution is 0.453. The van der Waals surface area contributed by atoms with E-state index in [-0.39, 0.29) is 13.1 Å². The molecule has 0 fully saturated rings. The van der Waals surface area contributed by atoms with E-state index in [1.807, 2.05) is 0 Å². The van der Waals surface area contributed by atoms with Crippen LogP contribution in [0.5, 0.6) is 0 Å². The van der Waals surface area contributed by atoms with E-state index < -0.39 is 15.6 Å². The second-order valence-corrected chi connectivity index (χ2v) is 3.22. The van der Waals surface area contributed by atoms with Crippen molar-refractivity contribution < 1.29 is 13.0 Å². The van der Waals surface area contributed by atoms with Crippen LogP contribution >= 0.6 is 0 Å². The zero-order chi connectivity index (χ0) is 8.20. The predicted molar refractivity (Wildman–Crippen MR) is 36.6 cm³/mol. The molecule has 0 radical (unpaired) electrons. The van der Waals surface area contributed by atoms with Crippen LogP contribution in [0.4, 0.5) is 0 Å². The van der Waals surface area contributed by atoms with Gasteiger partial charge in [-0.3, -0.25) is 9.87 Å². The van der Waals surface area contributed by atoms with E-state index in [0.717, 1.165) is 0 Å². The quantitative estimate of drug-likeness (QED) is 0.277. The molecule has 6 N–H and O–H groups in total. The Kier molecular flexibility index (Phi) is 3.76. The van der Waals surface area contributed by atoms with Gasteiger partial charge in [0.05, 0.1) is 0 Å². The van der Waals surface area contributed by atoms with Gasteiger partial charge in [-0.2, -0.15) is 8.42 Å². The molecule has 0 amide bonds. The average molecular weight is 169 g/mol. The first kappa shape index (κ1) is 9.79. The van der Waals surface area contributed by atoms with Gasteiger partial charge in [-0.25, -0.2) is 0 Å². The SMILES string of the molecule is NCCNC(N)S(=O)(=O)O. The maximum absolute atomic E-state index is 10.2. The number of nitrogens with two attached hydrogens (primary N) is 2. The Morgan fingerprint density at radius 2 is 2.10 bits per heavy atom. The molecular formula is C3H11N3O3S. The van der Waals surface area contributed by atoms with Gasteiger partial charge in [-0.15, -0.1) is 0 Å². The Bertz CT molecular complexity index is 177. The molecule has 0 spiro atoms. The van der Waals surface area contributed by atoms with E-state index in [4.69, 9.17) is 16.0 Å². The summed E-state index contributed by atoms with van der Waals surface area (Å²) in [4.78, 5) is 0. The van der Waals surface area contributed by atoms with Gasteiger partial charge in [-0.1, -0.05) is 0 Å². The molecule has 62 valence electrons. The molecule has 0 aromatic rings. The molecule has 7 heteroatoms. The van der Waals surface area contributed by atoms with Gasteiger partial charge in [0, 0.05) is 13.1 Å². The molecule has 0 aliphatic rings. The van der Waals surface area contributed by atoms with Crippen LogP contribution in [0.25, 0.3) is 0 Å². The first-order valence-corrected chi connectivity index (χ1v) is 4.14. The summed E-state index contributed by atoms with van der Waals surface area (Å²) < 4.78 is 28.6. The van der Waals surface area contributed by atoms with Crippen molar-refractivity contribution >= 4 is 10.1 Å². The van der Waals surface area contributed by atoms with Gasteiger partial charge in [0.2, 0.25) is 0 Å². The molecular weight excluding hydrogens is 158 g/mol. The first-order chi connectivity index (χ1) is 4.48. The lowest BCUT2D eigenvalue weighted by Gasteiger charge is -2.08. The van der Waals surface area contributed by atoms with E-state index in [2.05, 4.69) is 5.32 Å². The van der Waals surface area contributed by atoms with E-state index in [0.29, 0.717) is 0 Å². The third kappa shape index (κ3) is 3.75. The molecule has 0 aliphatic heterocycles. The van der Waals surface area contributed by atoms with Crippen LogP contribution in [-0.2, 0) is 10.1 Å². The van der Waals surface area contributed by atoms with Crippen molar-refractivity contribution in [2.45, 2.75) is 5.50 Å². The highest BCUT2D eigenvalue weighted by molar-refractivity contribution is 7.86. The summed E-state index contributed by atoms with van der Waals surface area (Å²) in [6.07, 6.45) is 0. The third-order valence-corrected chi connectivity index (χ3v) is 1.62. The minimum atomic E-state index is -4.16. The number of hydrogen-bond acceptors (Lipinski definition) is 5. The van der Waals surface area contributed by atoms with Gasteiger partial charge in [0.1, 0.15) is 0 Å². The van der Waals surface area contributed by atoms with E-state index >= 15 is 0 Å². The normalized spacial score (nSPS) is 15.1. The summed E-state index contributed by atoms with van der Waals surface area (Å²) in [6.45, 7) is 0.518. The van der Waals surface area contributed by atoms with E-state index in [1.165, 1.54) is 0 Å².